The van der Waals surface area contributed by atoms with Crippen LogP contribution in [0.3, 0.4) is 0 Å². The van der Waals surface area contributed by atoms with Crippen LogP contribution in [0.5, 0.6) is 11.5 Å². The van der Waals surface area contributed by atoms with E-state index in [1.165, 1.54) is 0 Å². The summed E-state index contributed by atoms with van der Waals surface area (Å²) < 4.78 is 12.7. The molecule has 0 amide bonds. The van der Waals surface area contributed by atoms with E-state index in [0.717, 1.165) is 11.3 Å². The van der Waals surface area contributed by atoms with Crippen LogP contribution in [0.15, 0.2) is 18.3 Å². The number of halogens is 2. The minimum Gasteiger partial charge on any atom is -0.486 e. The molecule has 0 unspecified atom stereocenters. The van der Waals surface area contributed by atoms with E-state index in [-0.39, 0.29) is 0 Å². The molecule has 0 saturated carbocycles. The van der Waals surface area contributed by atoms with Crippen molar-refractivity contribution in [2.45, 2.75) is 12.4 Å². The molecule has 0 fully saturated rings. The molecule has 0 atom stereocenters. The summed E-state index contributed by atoms with van der Waals surface area (Å²) in [5.41, 5.74) is 1.71. The highest BCUT2D eigenvalue weighted by atomic mass is 35.5. The van der Waals surface area contributed by atoms with Crippen molar-refractivity contribution in [2.24, 2.45) is 0 Å². The molecule has 3 rings (SSSR count). The van der Waals surface area contributed by atoms with Gasteiger partial charge in [0.2, 0.25) is 0 Å². The number of aromatic nitrogens is 3. The highest BCUT2D eigenvalue weighted by Gasteiger charge is 2.16. The van der Waals surface area contributed by atoms with Gasteiger partial charge in [-0.2, -0.15) is 0 Å². The SMILES string of the molecule is ClCc1cn(Cc2cc(Cl)c3c(c2)OCCO3)nn1. The molecule has 2 aromatic rings. The van der Waals surface area contributed by atoms with Crippen molar-refractivity contribution in [1.82, 2.24) is 15.0 Å². The van der Waals surface area contributed by atoms with Gasteiger partial charge >= 0.3 is 0 Å². The zero-order chi connectivity index (χ0) is 13.2. The third-order valence-electron chi connectivity index (χ3n) is 2.72. The summed E-state index contributed by atoms with van der Waals surface area (Å²) >= 11 is 11.9. The summed E-state index contributed by atoms with van der Waals surface area (Å²) in [4.78, 5) is 0. The first-order chi connectivity index (χ1) is 9.26. The molecule has 1 aromatic heterocycles. The average Bonchev–Trinajstić information content (AvgIpc) is 2.86. The van der Waals surface area contributed by atoms with Gasteiger partial charge in [0.15, 0.2) is 11.5 Å². The molecule has 0 saturated heterocycles. The molecule has 7 heteroatoms. The van der Waals surface area contributed by atoms with Crippen molar-refractivity contribution in [3.8, 4) is 11.5 Å². The lowest BCUT2D eigenvalue weighted by atomic mass is 10.2. The Morgan fingerprint density at radius 2 is 2.11 bits per heavy atom. The van der Waals surface area contributed by atoms with Gasteiger partial charge in [-0.15, -0.1) is 16.7 Å². The maximum atomic E-state index is 6.17. The van der Waals surface area contributed by atoms with Crippen molar-refractivity contribution >= 4 is 23.2 Å². The smallest absolute Gasteiger partial charge is 0.179 e. The molecular weight excluding hydrogens is 289 g/mol. The van der Waals surface area contributed by atoms with Gasteiger partial charge in [0, 0.05) is 0 Å². The Labute approximate surface area is 120 Å². The van der Waals surface area contributed by atoms with Crippen molar-refractivity contribution in [3.63, 3.8) is 0 Å². The van der Waals surface area contributed by atoms with E-state index in [1.807, 2.05) is 12.1 Å². The van der Waals surface area contributed by atoms with Gasteiger partial charge in [0.05, 0.1) is 29.3 Å². The Morgan fingerprint density at radius 3 is 2.89 bits per heavy atom. The molecule has 19 heavy (non-hydrogen) atoms. The van der Waals surface area contributed by atoms with Gasteiger partial charge in [-0.1, -0.05) is 16.8 Å². The van der Waals surface area contributed by atoms with E-state index >= 15 is 0 Å². The summed E-state index contributed by atoms with van der Waals surface area (Å²) in [6.45, 7) is 1.61. The fraction of sp³-hybridized carbons (Fsp3) is 0.333. The quantitative estimate of drug-likeness (QED) is 0.817. The lowest BCUT2D eigenvalue weighted by Gasteiger charge is -2.20. The molecule has 0 spiro atoms. The van der Waals surface area contributed by atoms with Crippen molar-refractivity contribution in [1.29, 1.82) is 0 Å². The molecular formula is C12H11Cl2N3O2. The third-order valence-corrected chi connectivity index (χ3v) is 3.28. The van der Waals surface area contributed by atoms with Gasteiger partial charge in [0.25, 0.3) is 0 Å². The van der Waals surface area contributed by atoms with Crippen LogP contribution in [0.25, 0.3) is 0 Å². The van der Waals surface area contributed by atoms with Crippen LogP contribution in [0.1, 0.15) is 11.3 Å². The van der Waals surface area contributed by atoms with Crippen LogP contribution in [0.2, 0.25) is 5.02 Å². The number of ether oxygens (including phenoxy) is 2. The first-order valence-corrected chi connectivity index (χ1v) is 6.70. The van der Waals surface area contributed by atoms with E-state index < -0.39 is 0 Å². The van der Waals surface area contributed by atoms with Crippen LogP contribution >= 0.6 is 23.2 Å². The minimum atomic E-state index is 0.349. The summed E-state index contributed by atoms with van der Waals surface area (Å²) in [6, 6.07) is 3.75. The predicted octanol–water partition coefficient (Wildman–Crippen LogP) is 2.49. The van der Waals surface area contributed by atoms with E-state index in [4.69, 9.17) is 32.7 Å². The highest BCUT2D eigenvalue weighted by Crippen LogP contribution is 2.38. The maximum absolute atomic E-state index is 6.17. The molecule has 1 aliphatic heterocycles. The van der Waals surface area contributed by atoms with Crippen LogP contribution in [0, 0.1) is 0 Å². The molecule has 0 aliphatic carbocycles. The fourth-order valence-electron chi connectivity index (χ4n) is 1.92. The van der Waals surface area contributed by atoms with Crippen LogP contribution in [-0.2, 0) is 12.4 Å². The second-order valence-electron chi connectivity index (χ2n) is 4.14. The highest BCUT2D eigenvalue weighted by molar-refractivity contribution is 6.32. The second kappa shape index (κ2) is 5.27. The lowest BCUT2D eigenvalue weighted by molar-refractivity contribution is 0.171. The minimum absolute atomic E-state index is 0.349. The van der Waals surface area contributed by atoms with Crippen LogP contribution in [-0.4, -0.2) is 28.2 Å². The van der Waals surface area contributed by atoms with Gasteiger partial charge in [-0.25, -0.2) is 4.68 Å². The normalized spacial score (nSPS) is 13.6. The molecule has 0 bridgehead atoms. The van der Waals surface area contributed by atoms with E-state index in [0.29, 0.717) is 42.2 Å². The Kier molecular flexibility index (Phi) is 3.48. The fourth-order valence-corrected chi connectivity index (χ4v) is 2.33. The topological polar surface area (TPSA) is 49.2 Å². The van der Waals surface area contributed by atoms with Crippen molar-refractivity contribution in [2.75, 3.05) is 13.2 Å². The number of alkyl halides is 1. The Morgan fingerprint density at radius 1 is 1.26 bits per heavy atom. The number of nitrogens with zero attached hydrogens (tertiary/aromatic N) is 3. The maximum Gasteiger partial charge on any atom is 0.179 e. The molecule has 1 aromatic carbocycles. The molecule has 100 valence electrons. The number of benzene rings is 1. The molecule has 0 N–H and O–H groups in total. The van der Waals surface area contributed by atoms with E-state index in [1.54, 1.807) is 10.9 Å². The standard InChI is InChI=1S/C12H11Cl2N3O2/c13-5-9-7-17(16-15-9)6-8-3-10(14)12-11(4-8)18-1-2-19-12/h3-4,7H,1-2,5-6H2. The van der Waals surface area contributed by atoms with Crippen molar-refractivity contribution in [3.05, 3.63) is 34.6 Å². The summed E-state index contributed by atoms with van der Waals surface area (Å²) in [5, 5.41) is 8.47. The predicted molar refractivity (Wildman–Crippen MR) is 71.1 cm³/mol. The van der Waals surface area contributed by atoms with E-state index in [2.05, 4.69) is 10.3 Å². The van der Waals surface area contributed by atoms with Gasteiger partial charge in [-0.05, 0) is 17.7 Å². The summed E-state index contributed by atoms with van der Waals surface area (Å²) in [5.74, 6) is 1.63. The van der Waals surface area contributed by atoms with Gasteiger partial charge in [-0.3, -0.25) is 0 Å². The van der Waals surface area contributed by atoms with Crippen LogP contribution in [0.4, 0.5) is 0 Å². The molecule has 1 aliphatic rings. The number of hydrogen-bond acceptors (Lipinski definition) is 4. The van der Waals surface area contributed by atoms with Crippen molar-refractivity contribution < 1.29 is 9.47 Å². The molecule has 2 heterocycles. The first-order valence-electron chi connectivity index (χ1n) is 5.79. The monoisotopic (exact) mass is 299 g/mol. The summed E-state index contributed by atoms with van der Waals surface area (Å²) in [7, 11) is 0. The Balaban J connectivity index is 1.86. The molecule has 0 radical (unpaired) electrons. The average molecular weight is 300 g/mol. The van der Waals surface area contributed by atoms with E-state index in [9.17, 15) is 0 Å². The Hall–Kier alpha value is -1.46. The summed E-state index contributed by atoms with van der Waals surface area (Å²) in [6.07, 6.45) is 1.80. The molecule has 5 nitrogen and oxygen atoms in total. The van der Waals surface area contributed by atoms with Crippen LogP contribution < -0.4 is 9.47 Å². The second-order valence-corrected chi connectivity index (χ2v) is 4.82. The van der Waals surface area contributed by atoms with Gasteiger partial charge < -0.3 is 9.47 Å². The van der Waals surface area contributed by atoms with Gasteiger partial charge in [0.1, 0.15) is 13.2 Å². The lowest BCUT2D eigenvalue weighted by Crippen LogP contribution is -2.16. The zero-order valence-electron chi connectivity index (χ0n) is 9.97. The number of fused-ring (bicyclic) bond motifs is 1. The Bertz CT molecular complexity index is 601. The zero-order valence-corrected chi connectivity index (χ0v) is 11.5. The third kappa shape index (κ3) is 2.62. The largest absolute Gasteiger partial charge is 0.486 e. The first kappa shape index (κ1) is 12.6. The number of hydrogen-bond donors (Lipinski definition) is 0. The number of rotatable bonds is 3.